The molecule has 3 rings (SSSR count). The van der Waals surface area contributed by atoms with Crippen molar-refractivity contribution >= 4 is 21.6 Å². The van der Waals surface area contributed by atoms with Gasteiger partial charge in [-0.05, 0) is 50.2 Å². The predicted molar refractivity (Wildman–Crippen MR) is 99.1 cm³/mol. The normalized spacial score (nSPS) is 12.0. The first-order valence-corrected chi connectivity index (χ1v) is 9.85. The highest BCUT2D eigenvalue weighted by atomic mass is 35.5. The maximum absolute atomic E-state index is 12.9. The van der Waals surface area contributed by atoms with Crippen molar-refractivity contribution in [3.63, 3.8) is 0 Å². The Bertz CT molecular complexity index is 970. The van der Waals surface area contributed by atoms with E-state index in [-0.39, 0.29) is 23.4 Å². The number of nitrogens with zero attached hydrogens (tertiary/aromatic N) is 3. The lowest BCUT2D eigenvalue weighted by Crippen LogP contribution is -2.36. The van der Waals surface area contributed by atoms with E-state index in [0.717, 1.165) is 5.56 Å². The van der Waals surface area contributed by atoms with Crippen molar-refractivity contribution in [2.75, 3.05) is 0 Å². The number of benzene rings is 2. The Balaban J connectivity index is 1.87. The van der Waals surface area contributed by atoms with Crippen LogP contribution in [0.15, 0.2) is 64.0 Å². The van der Waals surface area contributed by atoms with Crippen LogP contribution in [0.1, 0.15) is 19.7 Å². The maximum atomic E-state index is 12.9. The zero-order valence-electron chi connectivity index (χ0n) is 14.3. The largest absolute Gasteiger partial charge is 0.338 e. The molecule has 0 saturated heterocycles. The van der Waals surface area contributed by atoms with Gasteiger partial charge in [0.15, 0.2) is 0 Å². The summed E-state index contributed by atoms with van der Waals surface area (Å²) in [6.45, 7) is 3.60. The molecule has 0 aliphatic rings. The number of sulfonamides is 1. The fourth-order valence-corrected chi connectivity index (χ4v) is 4.17. The summed E-state index contributed by atoms with van der Waals surface area (Å²) in [6.07, 6.45) is 0. The van der Waals surface area contributed by atoms with E-state index in [2.05, 4.69) is 10.1 Å². The van der Waals surface area contributed by atoms with Gasteiger partial charge in [-0.25, -0.2) is 8.42 Å². The van der Waals surface area contributed by atoms with Crippen LogP contribution in [0, 0.1) is 0 Å². The van der Waals surface area contributed by atoms with Crippen LogP contribution < -0.4 is 0 Å². The molecule has 3 aromatic rings. The van der Waals surface area contributed by atoms with Crippen LogP contribution in [-0.2, 0) is 16.6 Å². The summed E-state index contributed by atoms with van der Waals surface area (Å²) in [6, 6.07) is 15.0. The molecule has 0 amide bonds. The molecule has 0 unspecified atom stereocenters. The highest BCUT2D eigenvalue weighted by Gasteiger charge is 2.29. The molecule has 0 aliphatic carbocycles. The van der Waals surface area contributed by atoms with Crippen LogP contribution in [0.5, 0.6) is 0 Å². The van der Waals surface area contributed by atoms with Crippen LogP contribution in [0.25, 0.3) is 11.4 Å². The summed E-state index contributed by atoms with van der Waals surface area (Å²) in [7, 11) is -3.67. The molecule has 0 atom stereocenters. The Hall–Kier alpha value is -2.22. The van der Waals surface area contributed by atoms with Crippen LogP contribution in [-0.4, -0.2) is 28.9 Å². The quantitative estimate of drug-likeness (QED) is 0.635. The first kappa shape index (κ1) is 18.6. The zero-order valence-corrected chi connectivity index (χ0v) is 15.9. The van der Waals surface area contributed by atoms with Crippen molar-refractivity contribution < 1.29 is 12.9 Å². The average molecular weight is 392 g/mol. The Labute approximate surface area is 157 Å². The predicted octanol–water partition coefficient (Wildman–Crippen LogP) is 3.99. The van der Waals surface area contributed by atoms with Gasteiger partial charge in [-0.3, -0.25) is 0 Å². The monoisotopic (exact) mass is 391 g/mol. The molecule has 0 bridgehead atoms. The molecule has 0 aliphatic heterocycles. The first-order valence-electron chi connectivity index (χ1n) is 8.03. The second-order valence-corrected chi connectivity index (χ2v) is 8.30. The lowest BCUT2D eigenvalue weighted by Gasteiger charge is -2.24. The van der Waals surface area contributed by atoms with Crippen LogP contribution in [0.2, 0.25) is 5.02 Å². The van der Waals surface area contributed by atoms with Gasteiger partial charge in [0.05, 0.1) is 11.4 Å². The summed E-state index contributed by atoms with van der Waals surface area (Å²) in [4.78, 5) is 4.54. The van der Waals surface area contributed by atoms with Crippen molar-refractivity contribution in [2.24, 2.45) is 0 Å². The molecular formula is C18H18ClN3O3S. The standard InChI is InChI=1S/C18H18ClN3O3S/c1-13(2)22(26(23,24)16-6-4-3-5-7-16)12-17-20-18(21-25-17)14-8-10-15(19)11-9-14/h3-11,13H,12H2,1-2H3. The van der Waals surface area contributed by atoms with Crippen LogP contribution in [0.4, 0.5) is 0 Å². The molecule has 0 spiro atoms. The van der Waals surface area contributed by atoms with Crippen molar-refractivity contribution in [3.8, 4) is 11.4 Å². The van der Waals surface area contributed by atoms with E-state index >= 15 is 0 Å². The Morgan fingerprint density at radius 2 is 1.73 bits per heavy atom. The molecule has 0 N–H and O–H groups in total. The van der Waals surface area contributed by atoms with Crippen molar-refractivity contribution in [1.29, 1.82) is 0 Å². The van der Waals surface area contributed by atoms with E-state index in [1.807, 2.05) is 0 Å². The molecule has 0 saturated carbocycles. The number of aromatic nitrogens is 2. The second-order valence-electron chi connectivity index (χ2n) is 5.98. The smallest absolute Gasteiger partial charge is 0.243 e. The van der Waals surface area contributed by atoms with Gasteiger partial charge in [0.2, 0.25) is 21.7 Å². The van der Waals surface area contributed by atoms with Crippen LogP contribution >= 0.6 is 11.6 Å². The first-order chi connectivity index (χ1) is 12.4. The minimum atomic E-state index is -3.67. The van der Waals surface area contributed by atoms with Gasteiger partial charge in [-0.2, -0.15) is 9.29 Å². The van der Waals surface area contributed by atoms with Gasteiger partial charge >= 0.3 is 0 Å². The van der Waals surface area contributed by atoms with Gasteiger partial charge in [-0.1, -0.05) is 35.0 Å². The third-order valence-corrected chi connectivity index (χ3v) is 6.08. The molecule has 136 valence electrons. The number of hydrogen-bond donors (Lipinski definition) is 0. The third-order valence-electron chi connectivity index (χ3n) is 3.79. The van der Waals surface area contributed by atoms with E-state index in [1.165, 1.54) is 4.31 Å². The molecule has 26 heavy (non-hydrogen) atoms. The van der Waals surface area contributed by atoms with E-state index in [1.54, 1.807) is 68.4 Å². The molecule has 0 radical (unpaired) electrons. The van der Waals surface area contributed by atoms with E-state index in [0.29, 0.717) is 10.8 Å². The second kappa shape index (κ2) is 7.57. The molecule has 2 aromatic carbocycles. The molecule has 1 aromatic heterocycles. The fraction of sp³-hybridized carbons (Fsp3) is 0.222. The fourth-order valence-electron chi connectivity index (χ4n) is 2.44. The van der Waals surface area contributed by atoms with Crippen molar-refractivity contribution in [2.45, 2.75) is 31.3 Å². The van der Waals surface area contributed by atoms with Gasteiger partial charge < -0.3 is 4.52 Å². The summed E-state index contributed by atoms with van der Waals surface area (Å²) in [5, 5.41) is 4.54. The summed E-state index contributed by atoms with van der Waals surface area (Å²) < 4.78 is 32.4. The minimum absolute atomic E-state index is 0.00448. The Morgan fingerprint density at radius 3 is 2.35 bits per heavy atom. The average Bonchev–Trinajstić information content (AvgIpc) is 3.09. The van der Waals surface area contributed by atoms with E-state index < -0.39 is 10.0 Å². The number of halogens is 1. The summed E-state index contributed by atoms with van der Waals surface area (Å²) >= 11 is 5.88. The maximum Gasteiger partial charge on any atom is 0.243 e. The summed E-state index contributed by atoms with van der Waals surface area (Å²) in [5.74, 6) is 0.612. The highest BCUT2D eigenvalue weighted by Crippen LogP contribution is 2.22. The topological polar surface area (TPSA) is 76.3 Å². The van der Waals surface area contributed by atoms with Gasteiger partial charge in [-0.15, -0.1) is 0 Å². The van der Waals surface area contributed by atoms with Gasteiger partial charge in [0.25, 0.3) is 0 Å². The highest BCUT2D eigenvalue weighted by molar-refractivity contribution is 7.89. The molecular weight excluding hydrogens is 374 g/mol. The molecule has 6 nitrogen and oxygen atoms in total. The Kier molecular flexibility index (Phi) is 5.41. The molecule has 8 heteroatoms. The zero-order chi connectivity index (χ0) is 18.7. The third kappa shape index (κ3) is 3.95. The Morgan fingerprint density at radius 1 is 1.08 bits per heavy atom. The lowest BCUT2D eigenvalue weighted by molar-refractivity contribution is 0.286. The van der Waals surface area contributed by atoms with Crippen molar-refractivity contribution in [3.05, 3.63) is 65.5 Å². The summed E-state index contributed by atoms with van der Waals surface area (Å²) in [5.41, 5.74) is 0.742. The minimum Gasteiger partial charge on any atom is -0.338 e. The van der Waals surface area contributed by atoms with Crippen molar-refractivity contribution in [1.82, 2.24) is 14.4 Å². The number of hydrogen-bond acceptors (Lipinski definition) is 5. The van der Waals surface area contributed by atoms with E-state index in [4.69, 9.17) is 16.1 Å². The van der Waals surface area contributed by atoms with Gasteiger partial charge in [0.1, 0.15) is 0 Å². The lowest BCUT2D eigenvalue weighted by atomic mass is 10.2. The number of rotatable bonds is 6. The van der Waals surface area contributed by atoms with E-state index in [9.17, 15) is 8.42 Å². The SMILES string of the molecule is CC(C)N(Cc1nc(-c2ccc(Cl)cc2)no1)S(=O)(=O)c1ccccc1. The molecule has 0 fully saturated rings. The van der Waals surface area contributed by atoms with Crippen LogP contribution in [0.3, 0.4) is 0 Å². The molecule has 1 heterocycles. The van der Waals surface area contributed by atoms with Gasteiger partial charge in [0, 0.05) is 16.6 Å².